The van der Waals surface area contributed by atoms with Crippen molar-refractivity contribution in [3.8, 4) is 0 Å². The van der Waals surface area contributed by atoms with E-state index < -0.39 is 17.9 Å². The van der Waals surface area contributed by atoms with Gasteiger partial charge in [0.2, 0.25) is 5.91 Å². The highest BCUT2D eigenvalue weighted by atomic mass is 16.2. The zero-order valence-electron chi connectivity index (χ0n) is 11.9. The molecule has 3 amide bonds. The van der Waals surface area contributed by atoms with Crippen LogP contribution in [-0.2, 0) is 20.9 Å². The summed E-state index contributed by atoms with van der Waals surface area (Å²) in [6.45, 7) is 2.29. The number of imide groups is 1. The molecular formula is C16H18N2O3. The van der Waals surface area contributed by atoms with Gasteiger partial charge in [0.15, 0.2) is 0 Å². The van der Waals surface area contributed by atoms with Crippen molar-refractivity contribution in [3.63, 3.8) is 0 Å². The lowest BCUT2D eigenvalue weighted by atomic mass is 10.1. The van der Waals surface area contributed by atoms with Crippen molar-refractivity contribution in [1.29, 1.82) is 0 Å². The Morgan fingerprint density at radius 2 is 1.76 bits per heavy atom. The Morgan fingerprint density at radius 1 is 1.14 bits per heavy atom. The van der Waals surface area contributed by atoms with Crippen molar-refractivity contribution in [3.05, 3.63) is 48.0 Å². The first-order valence-corrected chi connectivity index (χ1v) is 7.00. The third-order valence-electron chi connectivity index (χ3n) is 3.33. The van der Waals surface area contributed by atoms with Crippen LogP contribution in [0.5, 0.6) is 0 Å². The summed E-state index contributed by atoms with van der Waals surface area (Å²) in [5, 5.41) is 2.79. The molecule has 5 heteroatoms. The van der Waals surface area contributed by atoms with Crippen molar-refractivity contribution in [1.82, 2.24) is 10.2 Å². The second-order valence-electron chi connectivity index (χ2n) is 4.89. The summed E-state index contributed by atoms with van der Waals surface area (Å²) in [5.41, 5.74) is 0.971. The molecule has 0 saturated heterocycles. The van der Waals surface area contributed by atoms with Gasteiger partial charge in [0.25, 0.3) is 11.8 Å². The van der Waals surface area contributed by atoms with Gasteiger partial charge in [0, 0.05) is 18.7 Å². The van der Waals surface area contributed by atoms with E-state index in [4.69, 9.17) is 0 Å². The fourth-order valence-electron chi connectivity index (χ4n) is 2.27. The lowest BCUT2D eigenvalue weighted by molar-refractivity contribution is -0.145. The molecule has 0 aromatic heterocycles. The van der Waals surface area contributed by atoms with Crippen LogP contribution in [0.25, 0.3) is 0 Å². The van der Waals surface area contributed by atoms with E-state index in [0.29, 0.717) is 19.4 Å². The zero-order valence-corrected chi connectivity index (χ0v) is 11.9. The summed E-state index contributed by atoms with van der Waals surface area (Å²) in [4.78, 5) is 36.8. The molecule has 1 aromatic carbocycles. The van der Waals surface area contributed by atoms with Crippen LogP contribution in [0.3, 0.4) is 0 Å². The second kappa shape index (κ2) is 6.83. The first-order valence-electron chi connectivity index (χ1n) is 7.00. The molecule has 1 unspecified atom stereocenters. The van der Waals surface area contributed by atoms with Gasteiger partial charge >= 0.3 is 0 Å². The SMILES string of the molecule is CCCC(C(=O)NCc1ccccc1)N1C(=O)C=CC1=O. The molecule has 0 spiro atoms. The van der Waals surface area contributed by atoms with Crippen LogP contribution in [0.2, 0.25) is 0 Å². The van der Waals surface area contributed by atoms with E-state index in [2.05, 4.69) is 5.32 Å². The largest absolute Gasteiger partial charge is 0.350 e. The van der Waals surface area contributed by atoms with E-state index in [1.807, 2.05) is 37.3 Å². The number of hydrogen-bond acceptors (Lipinski definition) is 3. The summed E-state index contributed by atoms with van der Waals surface area (Å²) >= 11 is 0. The van der Waals surface area contributed by atoms with Gasteiger partial charge in [-0.05, 0) is 12.0 Å². The third kappa shape index (κ3) is 3.56. The normalized spacial score (nSPS) is 15.4. The number of benzene rings is 1. The fraction of sp³-hybridized carbons (Fsp3) is 0.312. The number of carbonyl (C=O) groups excluding carboxylic acids is 3. The summed E-state index contributed by atoms with van der Waals surface area (Å²) in [7, 11) is 0. The average Bonchev–Trinajstić information content (AvgIpc) is 2.83. The Labute approximate surface area is 123 Å². The fourth-order valence-corrected chi connectivity index (χ4v) is 2.27. The third-order valence-corrected chi connectivity index (χ3v) is 3.33. The first kappa shape index (κ1) is 15.0. The van der Waals surface area contributed by atoms with Crippen molar-refractivity contribution in [2.45, 2.75) is 32.4 Å². The van der Waals surface area contributed by atoms with Gasteiger partial charge in [-0.3, -0.25) is 19.3 Å². The minimum Gasteiger partial charge on any atom is -0.350 e. The van der Waals surface area contributed by atoms with E-state index in [1.54, 1.807) is 0 Å². The molecule has 0 aliphatic carbocycles. The first-order chi connectivity index (χ1) is 10.1. The highest BCUT2D eigenvalue weighted by molar-refractivity contribution is 6.15. The smallest absolute Gasteiger partial charge is 0.254 e. The lowest BCUT2D eigenvalue weighted by Crippen LogP contribution is -2.49. The van der Waals surface area contributed by atoms with E-state index in [9.17, 15) is 14.4 Å². The van der Waals surface area contributed by atoms with Crippen molar-refractivity contribution in [2.24, 2.45) is 0 Å². The number of nitrogens with one attached hydrogen (secondary N) is 1. The summed E-state index contributed by atoms with van der Waals surface area (Å²) in [6, 6.07) is 8.75. The minimum absolute atomic E-state index is 0.300. The van der Waals surface area contributed by atoms with Gasteiger partial charge in [-0.1, -0.05) is 43.7 Å². The summed E-state index contributed by atoms with van der Waals surface area (Å²) in [5.74, 6) is -1.15. The van der Waals surface area contributed by atoms with Gasteiger partial charge in [-0.15, -0.1) is 0 Å². The zero-order chi connectivity index (χ0) is 15.2. The Morgan fingerprint density at radius 3 is 2.33 bits per heavy atom. The molecule has 0 radical (unpaired) electrons. The maximum absolute atomic E-state index is 12.3. The Bertz CT molecular complexity index is 548. The predicted molar refractivity (Wildman–Crippen MR) is 78.0 cm³/mol. The number of nitrogens with zero attached hydrogens (tertiary/aromatic N) is 1. The number of hydrogen-bond donors (Lipinski definition) is 1. The molecule has 21 heavy (non-hydrogen) atoms. The van der Waals surface area contributed by atoms with Crippen LogP contribution in [-0.4, -0.2) is 28.7 Å². The molecule has 0 saturated carbocycles. The highest BCUT2D eigenvalue weighted by Gasteiger charge is 2.34. The van der Waals surface area contributed by atoms with Crippen LogP contribution in [0, 0.1) is 0 Å². The van der Waals surface area contributed by atoms with Crippen molar-refractivity contribution < 1.29 is 14.4 Å². The van der Waals surface area contributed by atoms with Gasteiger partial charge in [-0.2, -0.15) is 0 Å². The molecule has 1 aliphatic heterocycles. The topological polar surface area (TPSA) is 66.5 Å². The van der Waals surface area contributed by atoms with Crippen LogP contribution < -0.4 is 5.32 Å². The maximum atomic E-state index is 12.3. The van der Waals surface area contributed by atoms with Gasteiger partial charge in [0.05, 0.1) is 0 Å². The Kier molecular flexibility index (Phi) is 4.87. The van der Waals surface area contributed by atoms with E-state index in [1.165, 1.54) is 12.2 Å². The molecule has 1 N–H and O–H groups in total. The Balaban J connectivity index is 2.02. The van der Waals surface area contributed by atoms with Crippen molar-refractivity contribution in [2.75, 3.05) is 0 Å². The van der Waals surface area contributed by atoms with E-state index in [0.717, 1.165) is 10.5 Å². The van der Waals surface area contributed by atoms with Crippen LogP contribution in [0.15, 0.2) is 42.5 Å². The van der Waals surface area contributed by atoms with Gasteiger partial charge in [-0.25, -0.2) is 0 Å². The highest BCUT2D eigenvalue weighted by Crippen LogP contribution is 2.14. The van der Waals surface area contributed by atoms with Crippen molar-refractivity contribution >= 4 is 17.7 Å². The molecule has 0 bridgehead atoms. The number of rotatable bonds is 6. The summed E-state index contributed by atoms with van der Waals surface area (Å²) in [6.07, 6.45) is 3.57. The van der Waals surface area contributed by atoms with Crippen LogP contribution in [0.4, 0.5) is 0 Å². The van der Waals surface area contributed by atoms with Crippen LogP contribution >= 0.6 is 0 Å². The molecule has 1 aromatic rings. The molecular weight excluding hydrogens is 268 g/mol. The van der Waals surface area contributed by atoms with Gasteiger partial charge < -0.3 is 5.32 Å². The molecule has 110 valence electrons. The summed E-state index contributed by atoms with van der Waals surface area (Å²) < 4.78 is 0. The molecule has 0 fully saturated rings. The number of amides is 3. The standard InChI is InChI=1S/C16H18N2O3/c1-2-6-13(18-14(19)9-10-15(18)20)16(21)17-11-12-7-4-3-5-8-12/h3-5,7-10,13H,2,6,11H2,1H3,(H,17,21). The predicted octanol–water partition coefficient (Wildman–Crippen LogP) is 1.40. The minimum atomic E-state index is -0.742. The molecule has 2 rings (SSSR count). The lowest BCUT2D eigenvalue weighted by Gasteiger charge is -2.24. The quantitative estimate of drug-likeness (QED) is 0.804. The number of carbonyl (C=O) groups is 3. The Hall–Kier alpha value is -2.43. The maximum Gasteiger partial charge on any atom is 0.254 e. The monoisotopic (exact) mass is 286 g/mol. The molecule has 1 aliphatic rings. The second-order valence-corrected chi connectivity index (χ2v) is 4.89. The molecule has 1 heterocycles. The van der Waals surface area contributed by atoms with E-state index in [-0.39, 0.29) is 5.91 Å². The van der Waals surface area contributed by atoms with E-state index >= 15 is 0 Å². The molecule has 1 atom stereocenters. The van der Waals surface area contributed by atoms with Gasteiger partial charge in [0.1, 0.15) is 6.04 Å². The average molecular weight is 286 g/mol. The van der Waals surface area contributed by atoms with Crippen LogP contribution in [0.1, 0.15) is 25.3 Å². The molecule has 5 nitrogen and oxygen atoms in total.